The standard InChI is InChI=1S/C15H21NO5/c1-4-5-11(15(18)19)16-14(17)9-10-6-7-12(20-2)13(8-10)21-3/h6-8,11H,4-5,9H2,1-3H3,(H,16,17)(H,18,19). The molecule has 2 N–H and O–H groups in total. The molecule has 6 heteroatoms. The van der Waals surface area contributed by atoms with Gasteiger partial charge in [0.25, 0.3) is 0 Å². The lowest BCUT2D eigenvalue weighted by Gasteiger charge is -2.14. The van der Waals surface area contributed by atoms with E-state index in [1.54, 1.807) is 18.2 Å². The third-order valence-corrected chi connectivity index (χ3v) is 3.02. The molecule has 0 aliphatic rings. The van der Waals surface area contributed by atoms with Crippen LogP contribution < -0.4 is 14.8 Å². The first-order chi connectivity index (χ1) is 10.0. The predicted octanol–water partition coefficient (Wildman–Crippen LogP) is 1.62. The summed E-state index contributed by atoms with van der Waals surface area (Å²) in [6.45, 7) is 1.87. The van der Waals surface area contributed by atoms with Gasteiger partial charge >= 0.3 is 5.97 Å². The molecule has 0 saturated carbocycles. The van der Waals surface area contributed by atoms with E-state index in [9.17, 15) is 9.59 Å². The Balaban J connectivity index is 2.72. The molecule has 0 aliphatic heterocycles. The van der Waals surface area contributed by atoms with Crippen LogP contribution in [0.3, 0.4) is 0 Å². The molecular formula is C15H21NO5. The number of rotatable bonds is 8. The highest BCUT2D eigenvalue weighted by molar-refractivity contribution is 5.84. The molecule has 0 fully saturated rings. The van der Waals surface area contributed by atoms with Crippen LogP contribution in [0.2, 0.25) is 0 Å². The predicted molar refractivity (Wildman–Crippen MR) is 77.7 cm³/mol. The average molecular weight is 295 g/mol. The maximum absolute atomic E-state index is 11.9. The van der Waals surface area contributed by atoms with Gasteiger partial charge in [0.05, 0.1) is 20.6 Å². The fourth-order valence-corrected chi connectivity index (χ4v) is 1.97. The molecule has 21 heavy (non-hydrogen) atoms. The Morgan fingerprint density at radius 2 is 1.90 bits per heavy atom. The van der Waals surface area contributed by atoms with Crippen LogP contribution in [0, 0.1) is 0 Å². The van der Waals surface area contributed by atoms with Crippen molar-refractivity contribution >= 4 is 11.9 Å². The number of hydrogen-bond donors (Lipinski definition) is 2. The van der Waals surface area contributed by atoms with E-state index in [1.165, 1.54) is 14.2 Å². The molecule has 0 bridgehead atoms. The Hall–Kier alpha value is -2.24. The average Bonchev–Trinajstić information content (AvgIpc) is 2.46. The first kappa shape index (κ1) is 16.8. The second-order valence-electron chi connectivity index (χ2n) is 4.61. The number of methoxy groups -OCH3 is 2. The summed E-state index contributed by atoms with van der Waals surface area (Å²) < 4.78 is 10.3. The molecule has 1 atom stereocenters. The van der Waals surface area contributed by atoms with Crippen LogP contribution in [0.1, 0.15) is 25.3 Å². The molecule has 1 rings (SSSR count). The molecule has 0 aromatic heterocycles. The van der Waals surface area contributed by atoms with E-state index >= 15 is 0 Å². The minimum absolute atomic E-state index is 0.0911. The summed E-state index contributed by atoms with van der Waals surface area (Å²) in [6.07, 6.45) is 1.19. The van der Waals surface area contributed by atoms with Gasteiger partial charge in [-0.05, 0) is 24.1 Å². The van der Waals surface area contributed by atoms with Gasteiger partial charge in [-0.15, -0.1) is 0 Å². The summed E-state index contributed by atoms with van der Waals surface area (Å²) in [7, 11) is 3.05. The number of carboxylic acids is 1. The summed E-state index contributed by atoms with van der Waals surface area (Å²) in [5.74, 6) is -0.234. The summed E-state index contributed by atoms with van der Waals surface area (Å²) in [5.41, 5.74) is 0.728. The Bertz CT molecular complexity index is 501. The molecule has 0 radical (unpaired) electrons. The number of carboxylic acid groups (broad SMARTS) is 1. The smallest absolute Gasteiger partial charge is 0.326 e. The largest absolute Gasteiger partial charge is 0.493 e. The number of aliphatic carboxylic acids is 1. The van der Waals surface area contributed by atoms with Gasteiger partial charge in [-0.1, -0.05) is 19.4 Å². The summed E-state index contributed by atoms with van der Waals surface area (Å²) >= 11 is 0. The van der Waals surface area contributed by atoms with Gasteiger partial charge in [0.15, 0.2) is 11.5 Å². The van der Waals surface area contributed by atoms with Crippen molar-refractivity contribution in [1.82, 2.24) is 5.32 Å². The van der Waals surface area contributed by atoms with E-state index in [0.29, 0.717) is 24.3 Å². The lowest BCUT2D eigenvalue weighted by molar-refractivity contribution is -0.141. The van der Waals surface area contributed by atoms with Crippen molar-refractivity contribution in [2.45, 2.75) is 32.2 Å². The van der Waals surface area contributed by atoms with Crippen molar-refractivity contribution in [2.24, 2.45) is 0 Å². The number of carbonyl (C=O) groups is 2. The highest BCUT2D eigenvalue weighted by atomic mass is 16.5. The van der Waals surface area contributed by atoms with Crippen molar-refractivity contribution in [1.29, 1.82) is 0 Å². The number of carbonyl (C=O) groups excluding carboxylic acids is 1. The first-order valence-corrected chi connectivity index (χ1v) is 6.74. The molecule has 0 heterocycles. The molecule has 1 aromatic rings. The quantitative estimate of drug-likeness (QED) is 0.761. The van der Waals surface area contributed by atoms with Crippen LogP contribution >= 0.6 is 0 Å². The second-order valence-corrected chi connectivity index (χ2v) is 4.61. The zero-order valence-corrected chi connectivity index (χ0v) is 12.5. The topological polar surface area (TPSA) is 84.9 Å². The van der Waals surface area contributed by atoms with E-state index in [0.717, 1.165) is 5.56 Å². The highest BCUT2D eigenvalue weighted by Gasteiger charge is 2.19. The maximum atomic E-state index is 11.9. The van der Waals surface area contributed by atoms with Crippen molar-refractivity contribution in [3.05, 3.63) is 23.8 Å². The lowest BCUT2D eigenvalue weighted by atomic mass is 10.1. The Morgan fingerprint density at radius 1 is 1.24 bits per heavy atom. The van der Waals surface area contributed by atoms with E-state index in [2.05, 4.69) is 5.32 Å². The van der Waals surface area contributed by atoms with Crippen molar-refractivity contribution in [2.75, 3.05) is 14.2 Å². The van der Waals surface area contributed by atoms with Gasteiger partial charge in [0.2, 0.25) is 5.91 Å². The van der Waals surface area contributed by atoms with Gasteiger partial charge in [0, 0.05) is 0 Å². The van der Waals surface area contributed by atoms with Gasteiger partial charge in [-0.2, -0.15) is 0 Å². The van der Waals surface area contributed by atoms with Crippen LogP contribution in [-0.2, 0) is 16.0 Å². The molecular weight excluding hydrogens is 274 g/mol. The van der Waals surface area contributed by atoms with E-state index < -0.39 is 12.0 Å². The van der Waals surface area contributed by atoms with Crippen LogP contribution in [0.4, 0.5) is 0 Å². The van der Waals surface area contributed by atoms with Gasteiger partial charge in [-0.3, -0.25) is 4.79 Å². The molecule has 6 nitrogen and oxygen atoms in total. The number of hydrogen-bond acceptors (Lipinski definition) is 4. The van der Waals surface area contributed by atoms with E-state index in [-0.39, 0.29) is 12.3 Å². The fourth-order valence-electron chi connectivity index (χ4n) is 1.97. The molecule has 1 amide bonds. The summed E-state index contributed by atoms with van der Waals surface area (Å²) in [5, 5.41) is 11.5. The minimum Gasteiger partial charge on any atom is -0.493 e. The molecule has 0 spiro atoms. The van der Waals surface area contributed by atoms with E-state index in [1.807, 2.05) is 6.92 Å². The molecule has 116 valence electrons. The number of nitrogens with one attached hydrogen (secondary N) is 1. The Kier molecular flexibility index (Phi) is 6.52. The van der Waals surface area contributed by atoms with Gasteiger partial charge in [0.1, 0.15) is 6.04 Å². The molecule has 1 unspecified atom stereocenters. The van der Waals surface area contributed by atoms with Gasteiger partial charge < -0.3 is 19.9 Å². The number of amides is 1. The third kappa shape index (κ3) is 4.98. The van der Waals surface area contributed by atoms with Crippen molar-refractivity contribution in [3.8, 4) is 11.5 Å². The van der Waals surface area contributed by atoms with Crippen molar-refractivity contribution < 1.29 is 24.2 Å². The minimum atomic E-state index is -1.02. The Labute approximate surface area is 124 Å². The Morgan fingerprint density at radius 3 is 2.43 bits per heavy atom. The summed E-state index contributed by atoms with van der Waals surface area (Å²) in [4.78, 5) is 22.9. The zero-order chi connectivity index (χ0) is 15.8. The van der Waals surface area contributed by atoms with Crippen LogP contribution in [-0.4, -0.2) is 37.2 Å². The van der Waals surface area contributed by atoms with Crippen molar-refractivity contribution in [3.63, 3.8) is 0 Å². The highest BCUT2D eigenvalue weighted by Crippen LogP contribution is 2.27. The molecule has 0 saturated heterocycles. The normalized spacial score (nSPS) is 11.6. The molecule has 1 aromatic carbocycles. The number of ether oxygens (including phenoxy) is 2. The fraction of sp³-hybridized carbons (Fsp3) is 0.467. The zero-order valence-electron chi connectivity index (χ0n) is 12.5. The van der Waals surface area contributed by atoms with Gasteiger partial charge in [-0.25, -0.2) is 4.79 Å². The van der Waals surface area contributed by atoms with Crippen LogP contribution in [0.15, 0.2) is 18.2 Å². The number of benzene rings is 1. The second kappa shape index (κ2) is 8.14. The maximum Gasteiger partial charge on any atom is 0.326 e. The lowest BCUT2D eigenvalue weighted by Crippen LogP contribution is -2.41. The van der Waals surface area contributed by atoms with E-state index in [4.69, 9.17) is 14.6 Å². The SMILES string of the molecule is CCCC(NC(=O)Cc1ccc(OC)c(OC)c1)C(=O)O. The monoisotopic (exact) mass is 295 g/mol. The summed E-state index contributed by atoms with van der Waals surface area (Å²) in [6, 6.07) is 4.31. The van der Waals surface area contributed by atoms with Crippen LogP contribution in [0.25, 0.3) is 0 Å². The first-order valence-electron chi connectivity index (χ1n) is 6.74. The third-order valence-electron chi connectivity index (χ3n) is 3.02. The molecule has 0 aliphatic carbocycles. The van der Waals surface area contributed by atoms with Crippen LogP contribution in [0.5, 0.6) is 11.5 Å².